The van der Waals surface area contributed by atoms with Crippen LogP contribution in [-0.2, 0) is 6.54 Å². The van der Waals surface area contributed by atoms with Gasteiger partial charge in [-0.05, 0) is 16.2 Å². The van der Waals surface area contributed by atoms with Crippen LogP contribution in [0.3, 0.4) is 0 Å². The normalized spacial score (nSPS) is 11.0. The molecule has 2 rings (SSSR count). The molecule has 2 aromatic rings. The largest absolute Gasteiger partial charge is 0.379 e. The van der Waals surface area contributed by atoms with Crippen molar-refractivity contribution in [2.24, 2.45) is 5.92 Å². The third kappa shape index (κ3) is 2.17. The molecule has 0 spiro atoms. The van der Waals surface area contributed by atoms with Gasteiger partial charge in [0.2, 0.25) is 0 Å². The number of rotatable bonds is 4. The van der Waals surface area contributed by atoms with E-state index < -0.39 is 0 Å². The van der Waals surface area contributed by atoms with Crippen LogP contribution in [0.25, 0.3) is 11.5 Å². The number of hydrogen-bond donors (Lipinski definition) is 2. The Morgan fingerprint density at radius 1 is 1.53 bits per heavy atom. The molecule has 2 heterocycles. The number of nitrogen functional groups attached to an aromatic ring is 1. The fourth-order valence-corrected chi connectivity index (χ4v) is 1.58. The first kappa shape index (κ1) is 11.3. The Bertz CT molecular complexity index is 527. The molecule has 0 aliphatic heterocycles. The van der Waals surface area contributed by atoms with Crippen LogP contribution in [-0.4, -0.2) is 26.1 Å². The van der Waals surface area contributed by atoms with Crippen LogP contribution in [0.4, 0.5) is 5.82 Å². The van der Waals surface area contributed by atoms with Gasteiger partial charge in [0.05, 0.1) is 5.69 Å². The van der Waals surface area contributed by atoms with Gasteiger partial charge in [0.1, 0.15) is 0 Å². The number of aromatic nitrogens is 4. The molecule has 0 unspecified atom stereocenters. The van der Waals surface area contributed by atoms with Crippen LogP contribution in [0.2, 0.25) is 0 Å². The van der Waals surface area contributed by atoms with Gasteiger partial charge >= 0.3 is 0 Å². The highest BCUT2D eigenvalue weighted by atomic mass is 16.6. The maximum absolute atomic E-state index is 7.22. The molecule has 90 valence electrons. The lowest BCUT2D eigenvalue weighted by Gasteiger charge is -2.08. The summed E-state index contributed by atoms with van der Waals surface area (Å²) in [6.07, 6.45) is 2.97. The lowest BCUT2D eigenvalue weighted by molar-refractivity contribution is 0.310. The van der Waals surface area contributed by atoms with E-state index in [0.29, 0.717) is 23.1 Å². The first-order chi connectivity index (χ1) is 8.11. The van der Waals surface area contributed by atoms with Crippen LogP contribution < -0.4 is 5.73 Å². The van der Waals surface area contributed by atoms with Crippen molar-refractivity contribution in [1.82, 2.24) is 19.9 Å². The highest BCUT2D eigenvalue weighted by Gasteiger charge is 2.17. The Kier molecular flexibility index (Phi) is 2.90. The maximum Gasteiger partial charge on any atom is 0.199 e. The Morgan fingerprint density at radius 3 is 2.82 bits per heavy atom. The van der Waals surface area contributed by atoms with Crippen molar-refractivity contribution in [3.05, 3.63) is 11.9 Å². The molecule has 0 atom stereocenters. The minimum atomic E-state index is 0.206. The van der Waals surface area contributed by atoms with Crippen molar-refractivity contribution in [3.8, 4) is 11.5 Å². The van der Waals surface area contributed by atoms with E-state index in [2.05, 4.69) is 33.8 Å². The topological polar surface area (TPSA) is 107 Å². The lowest BCUT2D eigenvalue weighted by Crippen LogP contribution is -2.06. The van der Waals surface area contributed by atoms with Crippen LogP contribution in [0, 0.1) is 11.3 Å². The first-order valence-electron chi connectivity index (χ1n) is 5.28. The molecule has 2 aromatic heterocycles. The summed E-state index contributed by atoms with van der Waals surface area (Å²) in [5.74, 6) is 1.23. The summed E-state index contributed by atoms with van der Waals surface area (Å²) in [6.45, 7) is 4.96. The molecule has 7 heteroatoms. The molecule has 0 saturated carbocycles. The van der Waals surface area contributed by atoms with Gasteiger partial charge in [-0.25, -0.2) is 9.61 Å². The van der Waals surface area contributed by atoms with Crippen LogP contribution >= 0.6 is 0 Å². The second kappa shape index (κ2) is 4.36. The number of nitrogens with zero attached hydrogens (tertiary/aromatic N) is 4. The maximum atomic E-state index is 7.22. The molecule has 0 radical (unpaired) electrons. The van der Waals surface area contributed by atoms with Crippen LogP contribution in [0.15, 0.2) is 10.8 Å². The van der Waals surface area contributed by atoms with E-state index in [1.54, 1.807) is 6.20 Å². The quantitative estimate of drug-likeness (QED) is 0.772. The Labute approximate surface area is 98.1 Å². The summed E-state index contributed by atoms with van der Waals surface area (Å²) in [6, 6.07) is 0. The van der Waals surface area contributed by atoms with Crippen molar-refractivity contribution < 1.29 is 4.63 Å². The minimum absolute atomic E-state index is 0.206. The molecular formula is C10H14N6O. The van der Waals surface area contributed by atoms with E-state index >= 15 is 0 Å². The van der Waals surface area contributed by atoms with Crippen LogP contribution in [0.1, 0.15) is 19.5 Å². The predicted molar refractivity (Wildman–Crippen MR) is 62.7 cm³/mol. The van der Waals surface area contributed by atoms with Crippen molar-refractivity contribution in [2.45, 2.75) is 20.4 Å². The highest BCUT2D eigenvalue weighted by Crippen LogP contribution is 2.22. The van der Waals surface area contributed by atoms with Gasteiger partial charge in [0.25, 0.3) is 0 Å². The predicted octanol–water partition coefficient (Wildman–Crippen LogP) is 1.17. The molecule has 0 bridgehead atoms. The van der Waals surface area contributed by atoms with Gasteiger partial charge < -0.3 is 15.7 Å². The summed E-state index contributed by atoms with van der Waals surface area (Å²) < 4.78 is 6.47. The number of imidazole rings is 1. The summed E-state index contributed by atoms with van der Waals surface area (Å²) in [5.41, 5.74) is 6.62. The molecule has 0 fully saturated rings. The number of nitrogens with one attached hydrogen (secondary N) is 1. The van der Waals surface area contributed by atoms with E-state index in [9.17, 15) is 0 Å². The average molecular weight is 234 g/mol. The Morgan fingerprint density at radius 2 is 2.29 bits per heavy atom. The minimum Gasteiger partial charge on any atom is -0.379 e. The monoisotopic (exact) mass is 234 g/mol. The van der Waals surface area contributed by atoms with E-state index in [4.69, 9.17) is 11.1 Å². The fourth-order valence-electron chi connectivity index (χ4n) is 1.58. The third-order valence-corrected chi connectivity index (χ3v) is 2.23. The summed E-state index contributed by atoms with van der Waals surface area (Å²) in [5, 5.41) is 14.5. The van der Waals surface area contributed by atoms with Gasteiger partial charge in [0, 0.05) is 19.0 Å². The zero-order valence-electron chi connectivity index (χ0n) is 9.71. The lowest BCUT2D eigenvalue weighted by atomic mass is 10.2. The van der Waals surface area contributed by atoms with Crippen molar-refractivity contribution in [3.63, 3.8) is 0 Å². The third-order valence-electron chi connectivity index (χ3n) is 2.23. The Hall–Kier alpha value is -2.18. The first-order valence-corrected chi connectivity index (χ1v) is 5.28. The Balaban J connectivity index is 2.48. The molecule has 3 N–H and O–H groups in total. The summed E-state index contributed by atoms with van der Waals surface area (Å²) in [7, 11) is 0. The smallest absolute Gasteiger partial charge is 0.199 e. The number of nitrogens with two attached hydrogens (primary N) is 1. The van der Waals surface area contributed by atoms with Crippen LogP contribution in [0.5, 0.6) is 0 Å². The standard InChI is InChI=1S/C10H14N6O/c1-6(2)4-16-5-7(3-11)13-10(16)8-9(12)15-17-14-8/h3,5-6,11H,4H2,1-2H3,(H2,12,15). The molecule has 7 nitrogen and oxygen atoms in total. The average Bonchev–Trinajstić information content (AvgIpc) is 2.83. The number of hydrogen-bond acceptors (Lipinski definition) is 6. The SMILES string of the molecule is CC(C)Cn1cc(C=N)nc1-c1nonc1N. The summed E-state index contributed by atoms with van der Waals surface area (Å²) in [4.78, 5) is 4.26. The fraction of sp³-hybridized carbons (Fsp3) is 0.400. The van der Waals surface area contributed by atoms with E-state index in [1.807, 2.05) is 4.57 Å². The molecular weight excluding hydrogens is 220 g/mol. The second-order valence-corrected chi connectivity index (χ2v) is 4.18. The van der Waals surface area contributed by atoms with Gasteiger partial charge in [0.15, 0.2) is 17.3 Å². The molecule has 0 aliphatic rings. The van der Waals surface area contributed by atoms with Crippen molar-refractivity contribution in [1.29, 1.82) is 5.41 Å². The molecule has 0 saturated heterocycles. The summed E-state index contributed by atoms with van der Waals surface area (Å²) >= 11 is 0. The highest BCUT2D eigenvalue weighted by molar-refractivity contribution is 5.76. The number of anilines is 1. The zero-order chi connectivity index (χ0) is 12.4. The molecule has 0 amide bonds. The van der Waals surface area contributed by atoms with Gasteiger partial charge in [-0.2, -0.15) is 0 Å². The van der Waals surface area contributed by atoms with Gasteiger partial charge in [-0.1, -0.05) is 13.8 Å². The van der Waals surface area contributed by atoms with Gasteiger partial charge in [-0.15, -0.1) is 0 Å². The second-order valence-electron chi connectivity index (χ2n) is 4.18. The van der Waals surface area contributed by atoms with E-state index in [1.165, 1.54) is 6.21 Å². The van der Waals surface area contributed by atoms with E-state index in [-0.39, 0.29) is 5.82 Å². The van der Waals surface area contributed by atoms with Crippen molar-refractivity contribution >= 4 is 12.0 Å². The zero-order valence-corrected chi connectivity index (χ0v) is 9.71. The molecule has 0 aromatic carbocycles. The van der Waals surface area contributed by atoms with Gasteiger partial charge in [-0.3, -0.25) is 0 Å². The van der Waals surface area contributed by atoms with E-state index in [0.717, 1.165) is 6.54 Å². The molecule has 0 aliphatic carbocycles. The van der Waals surface area contributed by atoms with Crippen molar-refractivity contribution in [2.75, 3.05) is 5.73 Å². The molecule has 17 heavy (non-hydrogen) atoms.